The third-order valence-corrected chi connectivity index (χ3v) is 3.25. The van der Waals surface area contributed by atoms with E-state index < -0.39 is 0 Å². The fourth-order valence-electron chi connectivity index (χ4n) is 1.36. The molecule has 0 spiro atoms. The van der Waals surface area contributed by atoms with E-state index in [0.717, 1.165) is 13.1 Å². The third-order valence-electron chi connectivity index (χ3n) is 1.99. The van der Waals surface area contributed by atoms with Crippen molar-refractivity contribution in [1.29, 1.82) is 0 Å². The van der Waals surface area contributed by atoms with Crippen molar-refractivity contribution in [3.8, 4) is 0 Å². The van der Waals surface area contributed by atoms with Crippen LogP contribution in [0.5, 0.6) is 0 Å². The molecule has 0 aromatic carbocycles. The maximum atomic E-state index is 5.79. The van der Waals surface area contributed by atoms with Gasteiger partial charge in [-0.25, -0.2) is 0 Å². The summed E-state index contributed by atoms with van der Waals surface area (Å²) in [5.41, 5.74) is 0. The molecular weight excluding hydrogens is 230 g/mol. The molecular formula is C10H12ClN3S. The summed E-state index contributed by atoms with van der Waals surface area (Å²) in [6.07, 6.45) is 3.49. The zero-order valence-corrected chi connectivity index (χ0v) is 9.98. The highest BCUT2D eigenvalue weighted by atomic mass is 35.5. The van der Waals surface area contributed by atoms with Crippen LogP contribution in [0.3, 0.4) is 0 Å². The third kappa shape index (κ3) is 2.81. The quantitative estimate of drug-likeness (QED) is 0.891. The van der Waals surface area contributed by atoms with Crippen LogP contribution < -0.4 is 5.32 Å². The molecule has 0 saturated heterocycles. The van der Waals surface area contributed by atoms with Crippen LogP contribution in [0.25, 0.3) is 0 Å². The van der Waals surface area contributed by atoms with Crippen molar-refractivity contribution in [3.63, 3.8) is 0 Å². The highest BCUT2D eigenvalue weighted by Gasteiger charge is 2.01. The first kappa shape index (κ1) is 10.7. The lowest BCUT2D eigenvalue weighted by atomic mass is 10.4. The number of aromatic nitrogens is 2. The highest BCUT2D eigenvalue weighted by Crippen LogP contribution is 2.17. The summed E-state index contributed by atoms with van der Waals surface area (Å²) in [5.74, 6) is 0. The largest absolute Gasteiger partial charge is 0.315 e. The summed E-state index contributed by atoms with van der Waals surface area (Å²) in [7, 11) is 1.95. The molecule has 0 bridgehead atoms. The number of rotatable bonds is 4. The lowest BCUT2D eigenvalue weighted by Crippen LogP contribution is -2.02. The van der Waals surface area contributed by atoms with Crippen LogP contribution in [0.15, 0.2) is 24.5 Å². The lowest BCUT2D eigenvalue weighted by molar-refractivity contribution is 0.695. The second kappa shape index (κ2) is 4.79. The molecule has 5 heteroatoms. The maximum absolute atomic E-state index is 5.79. The van der Waals surface area contributed by atoms with Gasteiger partial charge in [0, 0.05) is 22.5 Å². The topological polar surface area (TPSA) is 29.9 Å². The second-order valence-corrected chi connectivity index (χ2v) is 4.94. The van der Waals surface area contributed by atoms with Gasteiger partial charge >= 0.3 is 0 Å². The Hall–Kier alpha value is -0.840. The van der Waals surface area contributed by atoms with Crippen molar-refractivity contribution in [1.82, 2.24) is 15.1 Å². The van der Waals surface area contributed by atoms with Crippen molar-refractivity contribution >= 4 is 22.9 Å². The molecule has 15 heavy (non-hydrogen) atoms. The minimum absolute atomic E-state index is 0.682. The van der Waals surface area contributed by atoms with Crippen molar-refractivity contribution in [2.45, 2.75) is 13.1 Å². The van der Waals surface area contributed by atoms with E-state index in [2.05, 4.69) is 22.5 Å². The van der Waals surface area contributed by atoms with Gasteiger partial charge in [0.25, 0.3) is 0 Å². The van der Waals surface area contributed by atoms with Gasteiger partial charge in [0.1, 0.15) is 0 Å². The van der Waals surface area contributed by atoms with Gasteiger partial charge in [0.05, 0.1) is 17.8 Å². The van der Waals surface area contributed by atoms with Crippen LogP contribution in [0.1, 0.15) is 9.75 Å². The Bertz CT molecular complexity index is 435. The van der Waals surface area contributed by atoms with E-state index >= 15 is 0 Å². The molecule has 0 atom stereocenters. The van der Waals surface area contributed by atoms with Crippen LogP contribution >= 0.6 is 22.9 Å². The first-order valence-electron chi connectivity index (χ1n) is 4.68. The minimum atomic E-state index is 0.682. The average molecular weight is 242 g/mol. The van der Waals surface area contributed by atoms with Crippen LogP contribution in [0.4, 0.5) is 0 Å². The molecule has 2 aromatic heterocycles. The standard InChI is InChI=1S/C10H12ClN3S/c1-12-5-9-2-3-10(15-9)7-14-6-8(11)4-13-14/h2-4,6,12H,5,7H2,1H3. The summed E-state index contributed by atoms with van der Waals surface area (Å²) in [5, 5.41) is 7.96. The van der Waals surface area contributed by atoms with Crippen molar-refractivity contribution in [2.75, 3.05) is 7.05 Å². The van der Waals surface area contributed by atoms with Gasteiger partial charge in [-0.1, -0.05) is 11.6 Å². The number of nitrogens with one attached hydrogen (secondary N) is 1. The number of thiophene rings is 1. The van der Waals surface area contributed by atoms with Gasteiger partial charge in [-0.2, -0.15) is 5.10 Å². The predicted octanol–water partition coefficient (Wildman–Crippen LogP) is 2.37. The molecule has 0 fully saturated rings. The maximum Gasteiger partial charge on any atom is 0.0785 e. The van der Waals surface area contributed by atoms with E-state index in [1.807, 2.05) is 17.9 Å². The first-order chi connectivity index (χ1) is 7.28. The minimum Gasteiger partial charge on any atom is -0.315 e. The lowest BCUT2D eigenvalue weighted by Gasteiger charge is -1.97. The van der Waals surface area contributed by atoms with Gasteiger partial charge in [0.2, 0.25) is 0 Å². The Morgan fingerprint density at radius 3 is 2.93 bits per heavy atom. The molecule has 80 valence electrons. The van der Waals surface area contributed by atoms with Crippen LogP contribution in [-0.2, 0) is 13.1 Å². The molecule has 0 unspecified atom stereocenters. The summed E-state index contributed by atoms with van der Waals surface area (Å²) < 4.78 is 1.84. The van der Waals surface area contributed by atoms with E-state index in [-0.39, 0.29) is 0 Å². The summed E-state index contributed by atoms with van der Waals surface area (Å²) in [4.78, 5) is 2.63. The van der Waals surface area contributed by atoms with E-state index in [4.69, 9.17) is 11.6 Å². The fraction of sp³-hybridized carbons (Fsp3) is 0.300. The second-order valence-electron chi connectivity index (χ2n) is 3.25. The van der Waals surface area contributed by atoms with Gasteiger partial charge in [0.15, 0.2) is 0 Å². The molecule has 1 N–H and O–H groups in total. The Balaban J connectivity index is 2.04. The first-order valence-corrected chi connectivity index (χ1v) is 5.87. The molecule has 3 nitrogen and oxygen atoms in total. The van der Waals surface area contributed by atoms with Crippen LogP contribution in [0, 0.1) is 0 Å². The molecule has 0 aliphatic carbocycles. The molecule has 0 aliphatic rings. The zero-order chi connectivity index (χ0) is 10.7. The van der Waals surface area contributed by atoms with E-state index in [9.17, 15) is 0 Å². The average Bonchev–Trinajstić information content (AvgIpc) is 2.78. The number of hydrogen-bond donors (Lipinski definition) is 1. The Labute approximate surface area is 97.7 Å². The van der Waals surface area contributed by atoms with Crippen molar-refractivity contribution < 1.29 is 0 Å². The monoisotopic (exact) mass is 241 g/mol. The van der Waals surface area contributed by atoms with Crippen molar-refractivity contribution in [3.05, 3.63) is 39.3 Å². The number of hydrogen-bond acceptors (Lipinski definition) is 3. The van der Waals surface area contributed by atoms with Crippen LogP contribution in [-0.4, -0.2) is 16.8 Å². The Kier molecular flexibility index (Phi) is 3.41. The molecule has 0 amide bonds. The van der Waals surface area contributed by atoms with Gasteiger partial charge in [-0.15, -0.1) is 11.3 Å². The molecule has 0 radical (unpaired) electrons. The number of halogens is 1. The fourth-order valence-corrected chi connectivity index (χ4v) is 2.54. The van der Waals surface area contributed by atoms with E-state index in [1.54, 1.807) is 17.5 Å². The van der Waals surface area contributed by atoms with Gasteiger partial charge < -0.3 is 5.32 Å². The number of nitrogens with zero attached hydrogens (tertiary/aromatic N) is 2. The van der Waals surface area contributed by atoms with Crippen LogP contribution in [0.2, 0.25) is 5.02 Å². The SMILES string of the molecule is CNCc1ccc(Cn2cc(Cl)cn2)s1. The van der Waals surface area contributed by atoms with Gasteiger partial charge in [-0.3, -0.25) is 4.68 Å². The Morgan fingerprint density at radius 2 is 2.27 bits per heavy atom. The van der Waals surface area contributed by atoms with E-state index in [0.29, 0.717) is 5.02 Å². The molecule has 0 saturated carbocycles. The highest BCUT2D eigenvalue weighted by molar-refractivity contribution is 7.11. The molecule has 2 heterocycles. The zero-order valence-electron chi connectivity index (χ0n) is 8.40. The Morgan fingerprint density at radius 1 is 1.47 bits per heavy atom. The normalized spacial score (nSPS) is 10.8. The molecule has 2 rings (SSSR count). The van der Waals surface area contributed by atoms with Gasteiger partial charge in [-0.05, 0) is 19.2 Å². The molecule has 2 aromatic rings. The summed E-state index contributed by atoms with van der Waals surface area (Å²) >= 11 is 7.59. The predicted molar refractivity (Wildman–Crippen MR) is 63.4 cm³/mol. The van der Waals surface area contributed by atoms with Crippen molar-refractivity contribution in [2.24, 2.45) is 0 Å². The molecule has 0 aliphatic heterocycles. The van der Waals surface area contributed by atoms with E-state index in [1.165, 1.54) is 9.75 Å². The summed E-state index contributed by atoms with van der Waals surface area (Å²) in [6, 6.07) is 4.27. The smallest absolute Gasteiger partial charge is 0.0785 e. The summed E-state index contributed by atoms with van der Waals surface area (Å²) in [6.45, 7) is 1.71.